The molecule has 3 aromatic rings. The van der Waals surface area contributed by atoms with Crippen LogP contribution in [-0.4, -0.2) is 53.2 Å². The first kappa shape index (κ1) is 23.4. The van der Waals surface area contributed by atoms with Crippen LogP contribution >= 0.6 is 11.8 Å². The Hall–Kier alpha value is -3.27. The highest BCUT2D eigenvalue weighted by Gasteiger charge is 2.16. The van der Waals surface area contributed by atoms with E-state index in [0.29, 0.717) is 28.1 Å². The van der Waals surface area contributed by atoms with E-state index >= 15 is 0 Å². The number of ether oxygens (including phenoxy) is 3. The number of hydrogen-bond acceptors (Lipinski definition) is 8. The van der Waals surface area contributed by atoms with Gasteiger partial charge in [-0.05, 0) is 41.0 Å². The van der Waals surface area contributed by atoms with Crippen molar-refractivity contribution in [2.24, 2.45) is 0 Å². The van der Waals surface area contributed by atoms with Crippen molar-refractivity contribution in [3.05, 3.63) is 42.0 Å². The Balaban J connectivity index is 1.65. The predicted octanol–water partition coefficient (Wildman–Crippen LogP) is 3.76. The van der Waals surface area contributed by atoms with Gasteiger partial charge < -0.3 is 19.5 Å². The normalized spacial score (nSPS) is 10.6. The number of carbonyl (C=O) groups is 1. The molecule has 10 heteroatoms. The van der Waals surface area contributed by atoms with Crippen molar-refractivity contribution in [3.63, 3.8) is 0 Å². The van der Waals surface area contributed by atoms with Crippen LogP contribution in [-0.2, 0) is 11.2 Å². The molecule has 1 heterocycles. The van der Waals surface area contributed by atoms with Crippen molar-refractivity contribution in [2.75, 3.05) is 32.4 Å². The molecule has 9 nitrogen and oxygen atoms in total. The summed E-state index contributed by atoms with van der Waals surface area (Å²) < 4.78 is 17.6. The average molecular weight is 458 g/mol. The smallest absolute Gasteiger partial charge is 0.234 e. The first-order valence-electron chi connectivity index (χ1n) is 10.2. The Morgan fingerprint density at radius 2 is 1.75 bits per heavy atom. The van der Waals surface area contributed by atoms with Gasteiger partial charge in [0.05, 0.1) is 32.8 Å². The Labute approximate surface area is 191 Å². The summed E-state index contributed by atoms with van der Waals surface area (Å²) in [6.45, 7) is 2.18. The van der Waals surface area contributed by atoms with Gasteiger partial charge in [0.15, 0.2) is 11.5 Å². The molecule has 170 valence electrons. The van der Waals surface area contributed by atoms with Gasteiger partial charge in [-0.3, -0.25) is 4.79 Å². The van der Waals surface area contributed by atoms with E-state index in [9.17, 15) is 4.79 Å². The van der Waals surface area contributed by atoms with Gasteiger partial charge in [0.25, 0.3) is 0 Å². The number of carbonyl (C=O) groups excluding carboxylic acids is 1. The molecule has 0 atom stereocenters. The molecular formula is C22H27N5O4S. The minimum atomic E-state index is -0.214. The quantitative estimate of drug-likeness (QED) is 0.435. The van der Waals surface area contributed by atoms with Crippen molar-refractivity contribution in [2.45, 2.75) is 31.3 Å². The Morgan fingerprint density at radius 1 is 1.06 bits per heavy atom. The van der Waals surface area contributed by atoms with E-state index in [1.165, 1.54) is 38.7 Å². The summed E-state index contributed by atoms with van der Waals surface area (Å²) in [4.78, 5) is 12.5. The standard InChI is InChI=1S/C22H27N5O4S/c1-5-6-7-15-8-10-17(11-9-15)27-22(24-25-26-27)32-14-20(28)23-16-12-18(29-2)21(31-4)19(13-16)30-3/h8-13H,5-7,14H2,1-4H3,(H,23,28). The maximum Gasteiger partial charge on any atom is 0.234 e. The zero-order valence-corrected chi connectivity index (χ0v) is 19.4. The van der Waals surface area contributed by atoms with Gasteiger partial charge in [0.1, 0.15) is 0 Å². The van der Waals surface area contributed by atoms with Crippen LogP contribution in [0.3, 0.4) is 0 Å². The highest BCUT2D eigenvalue weighted by atomic mass is 32.2. The van der Waals surface area contributed by atoms with Crippen LogP contribution in [0, 0.1) is 0 Å². The number of methoxy groups -OCH3 is 3. The fourth-order valence-electron chi connectivity index (χ4n) is 3.10. The monoisotopic (exact) mass is 457 g/mol. The SMILES string of the molecule is CCCCc1ccc(-n2nnnc2SCC(=O)Nc2cc(OC)c(OC)c(OC)c2)cc1. The van der Waals surface area contributed by atoms with E-state index in [-0.39, 0.29) is 11.7 Å². The Kier molecular flexibility index (Phi) is 8.32. The number of unbranched alkanes of at least 4 members (excludes halogenated alkanes) is 1. The third-order valence-corrected chi connectivity index (χ3v) is 5.64. The molecule has 0 spiro atoms. The molecule has 0 saturated carbocycles. The van der Waals surface area contributed by atoms with Crippen LogP contribution in [0.1, 0.15) is 25.3 Å². The number of amides is 1. The number of rotatable bonds is 11. The van der Waals surface area contributed by atoms with Crippen molar-refractivity contribution in [3.8, 4) is 22.9 Å². The number of thioether (sulfide) groups is 1. The van der Waals surface area contributed by atoms with Crippen LogP contribution in [0.5, 0.6) is 17.2 Å². The Bertz CT molecular complexity index is 1010. The molecule has 32 heavy (non-hydrogen) atoms. The van der Waals surface area contributed by atoms with Crippen molar-refractivity contribution in [1.82, 2.24) is 20.2 Å². The third kappa shape index (κ3) is 5.70. The molecule has 0 aliphatic heterocycles. The minimum absolute atomic E-state index is 0.131. The lowest BCUT2D eigenvalue weighted by Gasteiger charge is -2.14. The van der Waals surface area contributed by atoms with Crippen LogP contribution in [0.15, 0.2) is 41.6 Å². The lowest BCUT2D eigenvalue weighted by atomic mass is 10.1. The van der Waals surface area contributed by atoms with E-state index in [1.54, 1.807) is 16.8 Å². The van der Waals surface area contributed by atoms with Gasteiger partial charge in [-0.2, -0.15) is 4.68 Å². The molecule has 0 bridgehead atoms. The summed E-state index contributed by atoms with van der Waals surface area (Å²) in [6.07, 6.45) is 3.37. The molecule has 1 aromatic heterocycles. The molecule has 1 N–H and O–H groups in total. The summed E-state index contributed by atoms with van der Waals surface area (Å²) >= 11 is 1.25. The van der Waals surface area contributed by atoms with E-state index in [1.807, 2.05) is 12.1 Å². The second-order valence-electron chi connectivity index (χ2n) is 6.89. The molecule has 3 rings (SSSR count). The van der Waals surface area contributed by atoms with Crippen LogP contribution in [0.4, 0.5) is 5.69 Å². The molecule has 0 aliphatic carbocycles. The van der Waals surface area contributed by atoms with Gasteiger partial charge in [-0.25, -0.2) is 0 Å². The summed E-state index contributed by atoms with van der Waals surface area (Å²) in [7, 11) is 4.57. The van der Waals surface area contributed by atoms with E-state index in [4.69, 9.17) is 14.2 Å². The highest BCUT2D eigenvalue weighted by Crippen LogP contribution is 2.40. The fraction of sp³-hybridized carbons (Fsp3) is 0.364. The number of anilines is 1. The van der Waals surface area contributed by atoms with E-state index in [0.717, 1.165) is 24.9 Å². The number of hydrogen-bond donors (Lipinski definition) is 1. The van der Waals surface area contributed by atoms with Gasteiger partial charge in [0, 0.05) is 17.8 Å². The number of benzene rings is 2. The molecule has 0 aliphatic rings. The first-order valence-corrected chi connectivity index (χ1v) is 11.2. The predicted molar refractivity (Wildman–Crippen MR) is 123 cm³/mol. The summed E-state index contributed by atoms with van der Waals surface area (Å²) in [5.74, 6) is 1.30. The number of nitrogens with zero attached hydrogens (tertiary/aromatic N) is 4. The lowest BCUT2D eigenvalue weighted by molar-refractivity contribution is -0.113. The molecule has 0 saturated heterocycles. The second kappa shape index (κ2) is 11.4. The summed E-state index contributed by atoms with van der Waals surface area (Å²) in [5.41, 5.74) is 2.66. The zero-order valence-electron chi connectivity index (χ0n) is 18.6. The van der Waals surface area contributed by atoms with Crippen LogP contribution < -0.4 is 19.5 Å². The fourth-order valence-corrected chi connectivity index (χ4v) is 3.79. The number of nitrogens with one attached hydrogen (secondary N) is 1. The molecule has 0 unspecified atom stereocenters. The van der Waals surface area contributed by atoms with Gasteiger partial charge in [0.2, 0.25) is 16.8 Å². The highest BCUT2D eigenvalue weighted by molar-refractivity contribution is 7.99. The third-order valence-electron chi connectivity index (χ3n) is 4.72. The minimum Gasteiger partial charge on any atom is -0.493 e. The van der Waals surface area contributed by atoms with Crippen LogP contribution in [0.25, 0.3) is 5.69 Å². The molecule has 0 fully saturated rings. The zero-order chi connectivity index (χ0) is 22.9. The van der Waals surface area contributed by atoms with Gasteiger partial charge in [-0.1, -0.05) is 37.2 Å². The van der Waals surface area contributed by atoms with E-state index < -0.39 is 0 Å². The van der Waals surface area contributed by atoms with E-state index in [2.05, 4.69) is 39.9 Å². The maximum absolute atomic E-state index is 12.5. The molecule has 2 aromatic carbocycles. The topological polar surface area (TPSA) is 100 Å². The first-order chi connectivity index (χ1) is 15.6. The maximum atomic E-state index is 12.5. The average Bonchev–Trinajstić information content (AvgIpc) is 3.29. The summed E-state index contributed by atoms with van der Waals surface area (Å²) in [6, 6.07) is 11.5. The van der Waals surface area contributed by atoms with Crippen molar-refractivity contribution < 1.29 is 19.0 Å². The number of aryl methyl sites for hydroxylation is 1. The number of aromatic nitrogens is 4. The molecular weight excluding hydrogens is 430 g/mol. The molecule has 1 amide bonds. The number of tetrazole rings is 1. The van der Waals surface area contributed by atoms with Gasteiger partial charge >= 0.3 is 0 Å². The Morgan fingerprint density at radius 3 is 2.34 bits per heavy atom. The van der Waals surface area contributed by atoms with Crippen molar-refractivity contribution in [1.29, 1.82) is 0 Å². The summed E-state index contributed by atoms with van der Waals surface area (Å²) in [5, 5.41) is 15.2. The van der Waals surface area contributed by atoms with Gasteiger partial charge in [-0.15, -0.1) is 5.10 Å². The lowest BCUT2D eigenvalue weighted by Crippen LogP contribution is -2.15. The molecule has 0 radical (unpaired) electrons. The van der Waals surface area contributed by atoms with Crippen LogP contribution in [0.2, 0.25) is 0 Å². The van der Waals surface area contributed by atoms with Crippen molar-refractivity contribution >= 4 is 23.4 Å². The largest absolute Gasteiger partial charge is 0.493 e. The second-order valence-corrected chi connectivity index (χ2v) is 7.84.